The molecule has 3 heteroatoms. The van der Waals surface area contributed by atoms with E-state index in [1.54, 1.807) is 0 Å². The molecule has 0 atom stereocenters. The van der Waals surface area contributed by atoms with Crippen LogP contribution in [-0.2, 0) is 4.79 Å². The van der Waals surface area contributed by atoms with Gasteiger partial charge < -0.3 is 9.90 Å². The quantitative estimate of drug-likeness (QED) is 0.163. The van der Waals surface area contributed by atoms with Gasteiger partial charge in [0.2, 0.25) is 0 Å². The molecule has 0 radical (unpaired) electrons. The minimum atomic E-state index is -0.500. The van der Waals surface area contributed by atoms with Crippen molar-refractivity contribution < 1.29 is 39.5 Å². The SMILES string of the molecule is O=[13CH][O-].[Na+]. The topological polar surface area (TPSA) is 40.1 Å². The molecule has 4 heavy (non-hydrogen) atoms. The van der Waals surface area contributed by atoms with Gasteiger partial charge in [-0.15, -0.1) is 0 Å². The molecular weight excluding hydrogens is 68.0 g/mol. The van der Waals surface area contributed by atoms with E-state index in [1.165, 1.54) is 0 Å². The van der Waals surface area contributed by atoms with Crippen LogP contribution >= 0.6 is 0 Å². The van der Waals surface area contributed by atoms with Crippen LogP contribution in [0.1, 0.15) is 0 Å². The maximum absolute atomic E-state index is 8.25. The summed E-state index contributed by atoms with van der Waals surface area (Å²) >= 11 is 0. The fraction of sp³-hybridized carbons (Fsp3) is 0. The molecule has 0 aromatic rings. The van der Waals surface area contributed by atoms with Crippen molar-refractivity contribution in [3.8, 4) is 0 Å². The molecule has 2 nitrogen and oxygen atoms in total. The second-order valence-electron chi connectivity index (χ2n) is 0.0962. The molecule has 0 aliphatic carbocycles. The van der Waals surface area contributed by atoms with Gasteiger partial charge in [-0.05, 0) is 0 Å². The Labute approximate surface area is 46.1 Å². The van der Waals surface area contributed by atoms with Gasteiger partial charge in [-0.1, -0.05) is 0 Å². The predicted octanol–water partition coefficient (Wildman–Crippen LogP) is -4.63. The van der Waals surface area contributed by atoms with E-state index < -0.39 is 6.47 Å². The van der Waals surface area contributed by atoms with Crippen LogP contribution in [0.5, 0.6) is 0 Å². The standard InChI is InChI=1S/CH2O2.Na/c2-1-3;/h1H,(H,2,3);/q;+1/p-1/i1+1;. The number of carbonyl (C=O) groups excluding carboxylic acids is 1. The molecule has 0 aromatic heterocycles. The van der Waals surface area contributed by atoms with Gasteiger partial charge in [-0.25, -0.2) is 0 Å². The second-order valence-corrected chi connectivity index (χ2v) is 0.0962. The summed E-state index contributed by atoms with van der Waals surface area (Å²) in [5, 5.41) is 8.25. The van der Waals surface area contributed by atoms with E-state index in [9.17, 15) is 0 Å². The van der Waals surface area contributed by atoms with E-state index >= 15 is 0 Å². The second kappa shape index (κ2) is 9.80. The normalized spacial score (nSPS) is 3.00. The zero-order chi connectivity index (χ0) is 2.71. The third kappa shape index (κ3) is 24.2. The zero-order valence-electron chi connectivity index (χ0n) is 2.39. The first kappa shape index (κ1) is 8.82. The average molecular weight is 69.0 g/mol. The maximum atomic E-state index is 8.25. The van der Waals surface area contributed by atoms with E-state index in [0.717, 1.165) is 0 Å². The first-order valence-electron chi connectivity index (χ1n) is 0.471. The van der Waals surface area contributed by atoms with Crippen molar-refractivity contribution >= 4 is 6.47 Å². The Hall–Kier alpha value is 0.470. The number of carboxylic acid groups (broad SMARTS) is 1. The van der Waals surface area contributed by atoms with Crippen molar-refractivity contribution in [2.45, 2.75) is 0 Å². The van der Waals surface area contributed by atoms with Crippen molar-refractivity contribution in [2.75, 3.05) is 0 Å². The van der Waals surface area contributed by atoms with Crippen molar-refractivity contribution in [3.05, 3.63) is 0 Å². The smallest absolute Gasteiger partial charge is 0.554 e. The molecule has 0 saturated heterocycles. The molecule has 0 aliphatic rings. The van der Waals surface area contributed by atoms with Gasteiger partial charge in [-0.3, -0.25) is 0 Å². The Kier molecular flexibility index (Phi) is 21.6. The summed E-state index contributed by atoms with van der Waals surface area (Å²) in [5.74, 6) is 0. The summed E-state index contributed by atoms with van der Waals surface area (Å²) in [6.07, 6.45) is 0. The summed E-state index contributed by atoms with van der Waals surface area (Å²) in [6.45, 7) is -0.500. The minimum Gasteiger partial charge on any atom is -0.554 e. The zero-order valence-corrected chi connectivity index (χ0v) is 4.39. The van der Waals surface area contributed by atoms with Crippen LogP contribution in [0.15, 0.2) is 0 Å². The third-order valence-electron chi connectivity index (χ3n) is 0. The number of hydrogen-bond donors (Lipinski definition) is 0. The average Bonchev–Trinajstić information content (AvgIpc) is 0.918. The first-order chi connectivity index (χ1) is 1.41. The molecule has 0 fully saturated rings. The predicted molar refractivity (Wildman–Crippen MR) is 6.06 cm³/mol. The molecule has 0 bridgehead atoms. The fourth-order valence-electron chi connectivity index (χ4n) is 0. The van der Waals surface area contributed by atoms with Crippen LogP contribution in [0.3, 0.4) is 0 Å². The Bertz CT molecular complexity index is 13.5. The van der Waals surface area contributed by atoms with Gasteiger partial charge in [-0.2, -0.15) is 0 Å². The van der Waals surface area contributed by atoms with E-state index in [1.807, 2.05) is 0 Å². The first-order valence-corrected chi connectivity index (χ1v) is 0.471. The molecular formula is CHNaO2. The Morgan fingerprint density at radius 2 is 1.75 bits per heavy atom. The molecule has 0 amide bonds. The minimum absolute atomic E-state index is 0. The van der Waals surface area contributed by atoms with Gasteiger partial charge in [0, 0.05) is 6.47 Å². The molecule has 0 N–H and O–H groups in total. The fourth-order valence-corrected chi connectivity index (χ4v) is 0. The molecule has 18 valence electrons. The molecule has 0 rings (SSSR count). The molecule has 0 aliphatic heterocycles. The molecule has 0 unspecified atom stereocenters. The summed E-state index contributed by atoms with van der Waals surface area (Å²) in [5.41, 5.74) is 0. The van der Waals surface area contributed by atoms with E-state index in [-0.39, 0.29) is 29.6 Å². The molecule has 0 saturated carbocycles. The number of rotatable bonds is 0. The van der Waals surface area contributed by atoms with Gasteiger partial charge in [0.1, 0.15) is 0 Å². The summed E-state index contributed by atoms with van der Waals surface area (Å²) in [6, 6.07) is 0. The van der Waals surface area contributed by atoms with Crippen molar-refractivity contribution in [2.24, 2.45) is 0 Å². The van der Waals surface area contributed by atoms with Crippen molar-refractivity contribution in [3.63, 3.8) is 0 Å². The Morgan fingerprint density at radius 1 is 1.75 bits per heavy atom. The van der Waals surface area contributed by atoms with E-state index in [2.05, 4.69) is 0 Å². The maximum Gasteiger partial charge on any atom is 1.00 e. The number of hydrogen-bond acceptors (Lipinski definition) is 2. The molecule has 0 aromatic carbocycles. The van der Waals surface area contributed by atoms with Crippen molar-refractivity contribution in [1.29, 1.82) is 0 Å². The Balaban J connectivity index is 0. The number of carbonyl (C=O) groups is 1. The molecule has 0 heterocycles. The third-order valence-corrected chi connectivity index (χ3v) is 0. The summed E-state index contributed by atoms with van der Waals surface area (Å²) in [4.78, 5) is 8.25. The van der Waals surface area contributed by atoms with Crippen LogP contribution in [0.2, 0.25) is 0 Å². The van der Waals surface area contributed by atoms with Gasteiger partial charge in [0.25, 0.3) is 0 Å². The Morgan fingerprint density at radius 3 is 1.75 bits per heavy atom. The monoisotopic (exact) mass is 69.0 g/mol. The van der Waals surface area contributed by atoms with Crippen LogP contribution in [0, 0.1) is 0 Å². The van der Waals surface area contributed by atoms with Gasteiger partial charge >= 0.3 is 29.6 Å². The van der Waals surface area contributed by atoms with E-state index in [0.29, 0.717) is 0 Å². The van der Waals surface area contributed by atoms with Gasteiger partial charge in [0.15, 0.2) is 0 Å². The van der Waals surface area contributed by atoms with Gasteiger partial charge in [0.05, 0.1) is 0 Å². The van der Waals surface area contributed by atoms with Crippen LogP contribution < -0.4 is 34.7 Å². The van der Waals surface area contributed by atoms with Crippen LogP contribution in [0.25, 0.3) is 0 Å². The van der Waals surface area contributed by atoms with Crippen LogP contribution in [-0.4, -0.2) is 6.47 Å². The van der Waals surface area contributed by atoms with E-state index in [4.69, 9.17) is 9.90 Å². The van der Waals surface area contributed by atoms with Crippen molar-refractivity contribution in [1.82, 2.24) is 0 Å². The largest absolute Gasteiger partial charge is 1.00 e. The summed E-state index contributed by atoms with van der Waals surface area (Å²) in [7, 11) is 0. The molecule has 0 spiro atoms. The van der Waals surface area contributed by atoms with Crippen LogP contribution in [0.4, 0.5) is 0 Å². The summed E-state index contributed by atoms with van der Waals surface area (Å²) < 4.78 is 0.